The number of oxazole rings is 1. The van der Waals surface area contributed by atoms with Crippen molar-refractivity contribution in [2.75, 3.05) is 6.54 Å². The van der Waals surface area contributed by atoms with Gasteiger partial charge in [-0.3, -0.25) is 4.79 Å². The maximum Gasteiger partial charge on any atom is 0.479 e. The smallest absolute Gasteiger partial charge is 0.436 e. The fraction of sp³-hybridized carbons (Fsp3) is 0.346. The van der Waals surface area contributed by atoms with Crippen LogP contribution in [0, 0.1) is 17.2 Å². The zero-order valence-electron chi connectivity index (χ0n) is 19.7. The Morgan fingerprint density at radius 2 is 2.06 bits per heavy atom. The van der Waals surface area contributed by atoms with E-state index in [0.717, 1.165) is 5.56 Å². The van der Waals surface area contributed by atoms with Crippen LogP contribution in [0.3, 0.4) is 0 Å². The van der Waals surface area contributed by atoms with E-state index in [-0.39, 0.29) is 17.7 Å². The van der Waals surface area contributed by atoms with E-state index >= 15 is 0 Å². The average molecular weight is 516 g/mol. The molecule has 1 N–H and O–H groups in total. The zero-order valence-corrected chi connectivity index (χ0v) is 20.5. The van der Waals surface area contributed by atoms with Gasteiger partial charge in [0.25, 0.3) is 5.91 Å². The quantitative estimate of drug-likeness (QED) is 0.338. The summed E-state index contributed by atoms with van der Waals surface area (Å²) in [4.78, 5) is 17.1. The molecule has 1 aromatic heterocycles. The predicted octanol–water partition coefficient (Wildman–Crippen LogP) is 7.09. The van der Waals surface area contributed by atoms with Crippen LogP contribution < -0.4 is 5.32 Å². The fourth-order valence-electron chi connectivity index (χ4n) is 4.01. The number of alkyl halides is 3. The van der Waals surface area contributed by atoms with E-state index in [1.807, 2.05) is 19.9 Å². The highest BCUT2D eigenvalue weighted by molar-refractivity contribution is 7.95. The van der Waals surface area contributed by atoms with Crippen molar-refractivity contribution in [2.24, 2.45) is 5.92 Å². The number of fused-ring (bicyclic) bond motifs is 1. The zero-order chi connectivity index (χ0) is 25.9. The molecule has 0 saturated carbocycles. The van der Waals surface area contributed by atoms with Crippen LogP contribution in [-0.2, 0) is 4.18 Å². The van der Waals surface area contributed by atoms with Crippen LogP contribution >= 0.6 is 12.0 Å². The Morgan fingerprint density at radius 1 is 1.31 bits per heavy atom. The molecule has 3 aromatic rings. The Kier molecular flexibility index (Phi) is 7.59. The van der Waals surface area contributed by atoms with Crippen LogP contribution in [-0.4, -0.2) is 22.9 Å². The van der Waals surface area contributed by atoms with Gasteiger partial charge >= 0.3 is 5.51 Å². The summed E-state index contributed by atoms with van der Waals surface area (Å²) >= 11 is -0.501. The number of allylic oxidation sites excluding steroid dienone is 2. The highest BCUT2D eigenvalue weighted by atomic mass is 32.2. The van der Waals surface area contributed by atoms with Crippen LogP contribution in [0.15, 0.2) is 52.7 Å². The van der Waals surface area contributed by atoms with Gasteiger partial charge in [-0.15, -0.1) is 0 Å². The van der Waals surface area contributed by atoms with Crippen LogP contribution in [0.2, 0.25) is 0 Å². The first-order chi connectivity index (χ1) is 17.1. The van der Waals surface area contributed by atoms with Crippen molar-refractivity contribution >= 4 is 29.0 Å². The van der Waals surface area contributed by atoms with Gasteiger partial charge in [0, 0.05) is 29.7 Å². The van der Waals surface area contributed by atoms with Crippen molar-refractivity contribution in [3.63, 3.8) is 0 Å². The molecule has 1 heterocycles. The summed E-state index contributed by atoms with van der Waals surface area (Å²) in [5.74, 6) is 0.775. The van der Waals surface area contributed by atoms with Crippen LogP contribution in [0.4, 0.5) is 13.2 Å². The second-order valence-corrected chi connectivity index (χ2v) is 9.71. The Balaban J connectivity index is 1.37. The number of benzene rings is 2. The molecule has 0 radical (unpaired) electrons. The Labute approximate surface area is 210 Å². The van der Waals surface area contributed by atoms with Crippen molar-refractivity contribution in [2.45, 2.75) is 44.5 Å². The molecule has 1 aliphatic carbocycles. The summed E-state index contributed by atoms with van der Waals surface area (Å²) < 4.78 is 47.5. The van der Waals surface area contributed by atoms with Crippen LogP contribution in [0.5, 0.6) is 0 Å². The number of hydrogen-bond donors (Lipinski definition) is 1. The molecule has 188 valence electrons. The SMILES string of the molecule is CC(C)c1cc(C#N)cc2nc(-c3ccc(C(=O)NCC4CC=C(OSC(F)(F)F)CC4)cc3)oc12. The van der Waals surface area contributed by atoms with Gasteiger partial charge < -0.3 is 13.9 Å². The summed E-state index contributed by atoms with van der Waals surface area (Å²) in [5.41, 5.74) is -0.558. The van der Waals surface area contributed by atoms with Gasteiger partial charge in [0.05, 0.1) is 11.6 Å². The van der Waals surface area contributed by atoms with Crippen molar-refractivity contribution in [3.05, 3.63) is 64.9 Å². The standard InChI is InChI=1S/C26H24F3N3O3S/c1-15(2)21-11-17(13-30)12-22-23(21)34-25(32-22)19-7-5-18(6-8-19)24(33)31-14-16-3-9-20(10-4-16)35-36-26(27,28)29/h5-9,11-12,15-16H,3-4,10,14H2,1-2H3,(H,31,33). The third-order valence-electron chi connectivity index (χ3n) is 5.94. The van der Waals surface area contributed by atoms with Gasteiger partial charge in [-0.1, -0.05) is 13.8 Å². The highest BCUT2D eigenvalue weighted by Crippen LogP contribution is 2.36. The molecule has 0 spiro atoms. The monoisotopic (exact) mass is 515 g/mol. The summed E-state index contributed by atoms with van der Waals surface area (Å²) in [7, 11) is 0. The second kappa shape index (κ2) is 10.7. The number of carbonyl (C=O) groups excluding carboxylic acids is 1. The van der Waals surface area contributed by atoms with E-state index in [2.05, 4.69) is 16.4 Å². The van der Waals surface area contributed by atoms with Crippen molar-refractivity contribution in [3.8, 4) is 17.5 Å². The molecule has 0 fully saturated rings. The van der Waals surface area contributed by atoms with Gasteiger partial charge in [-0.2, -0.15) is 18.4 Å². The third-order valence-corrected chi connectivity index (χ3v) is 6.42. The first kappa shape index (κ1) is 25.6. The van der Waals surface area contributed by atoms with Gasteiger partial charge in [0.1, 0.15) is 11.3 Å². The molecule has 0 bridgehead atoms. The lowest BCUT2D eigenvalue weighted by molar-refractivity contribution is -0.0385. The largest absolute Gasteiger partial charge is 0.479 e. The minimum Gasteiger partial charge on any atom is -0.436 e. The van der Waals surface area contributed by atoms with E-state index in [1.165, 1.54) is 0 Å². The number of amides is 1. The minimum atomic E-state index is -4.43. The number of nitriles is 1. The Bertz CT molecular complexity index is 1320. The summed E-state index contributed by atoms with van der Waals surface area (Å²) in [6.45, 7) is 4.46. The molecule has 0 saturated heterocycles. The summed E-state index contributed by atoms with van der Waals surface area (Å²) in [6.07, 6.45) is 3.22. The Morgan fingerprint density at radius 3 is 2.67 bits per heavy atom. The number of hydrogen-bond acceptors (Lipinski definition) is 6. The summed E-state index contributed by atoms with van der Waals surface area (Å²) in [6, 6.07) is 12.5. The Hall–Kier alpha value is -3.45. The molecule has 6 nitrogen and oxygen atoms in total. The van der Waals surface area contributed by atoms with Gasteiger partial charge in [-0.05, 0) is 67.2 Å². The van der Waals surface area contributed by atoms with Crippen molar-refractivity contribution in [1.82, 2.24) is 10.3 Å². The van der Waals surface area contributed by atoms with Gasteiger partial charge in [0.15, 0.2) is 17.6 Å². The summed E-state index contributed by atoms with van der Waals surface area (Å²) in [5, 5.41) is 12.2. The maximum absolute atomic E-state index is 12.6. The van der Waals surface area contributed by atoms with Gasteiger partial charge in [0.2, 0.25) is 5.89 Å². The molecule has 1 aliphatic rings. The molecule has 1 unspecified atom stereocenters. The number of nitrogens with one attached hydrogen (secondary N) is 1. The lowest BCUT2D eigenvalue weighted by atomic mass is 9.93. The maximum atomic E-state index is 12.6. The minimum absolute atomic E-state index is 0.129. The number of halogens is 3. The molecule has 1 amide bonds. The van der Waals surface area contributed by atoms with Gasteiger partial charge in [-0.25, -0.2) is 4.98 Å². The lowest BCUT2D eigenvalue weighted by Crippen LogP contribution is -2.30. The molecular weight excluding hydrogens is 491 g/mol. The molecule has 1 atom stereocenters. The topological polar surface area (TPSA) is 88.2 Å². The lowest BCUT2D eigenvalue weighted by Gasteiger charge is -2.22. The highest BCUT2D eigenvalue weighted by Gasteiger charge is 2.32. The van der Waals surface area contributed by atoms with E-state index in [9.17, 15) is 23.2 Å². The number of aromatic nitrogens is 1. The first-order valence-electron chi connectivity index (χ1n) is 11.5. The number of carbonyl (C=O) groups is 1. The first-order valence-corrected chi connectivity index (χ1v) is 12.2. The third kappa shape index (κ3) is 6.21. The molecule has 2 aromatic carbocycles. The van der Waals surface area contributed by atoms with E-state index in [4.69, 9.17) is 8.60 Å². The fourth-order valence-corrected chi connectivity index (χ4v) is 4.36. The van der Waals surface area contributed by atoms with E-state index in [0.29, 0.717) is 65.2 Å². The molecule has 0 aliphatic heterocycles. The van der Waals surface area contributed by atoms with Crippen LogP contribution in [0.1, 0.15) is 60.5 Å². The van der Waals surface area contributed by atoms with Crippen molar-refractivity contribution in [1.29, 1.82) is 5.26 Å². The van der Waals surface area contributed by atoms with E-state index in [1.54, 1.807) is 36.4 Å². The normalized spacial score (nSPS) is 16.0. The molecule has 4 rings (SSSR count). The van der Waals surface area contributed by atoms with Crippen molar-refractivity contribution < 1.29 is 26.6 Å². The molecule has 36 heavy (non-hydrogen) atoms. The van der Waals surface area contributed by atoms with Crippen LogP contribution in [0.25, 0.3) is 22.6 Å². The predicted molar refractivity (Wildman–Crippen MR) is 131 cm³/mol. The second-order valence-electron chi connectivity index (χ2n) is 8.91. The average Bonchev–Trinajstić information content (AvgIpc) is 3.29. The number of nitrogens with zero attached hydrogens (tertiary/aromatic N) is 2. The van der Waals surface area contributed by atoms with E-state index < -0.39 is 17.6 Å². The molecular formula is C26H24F3N3O3S. The number of rotatable bonds is 7. The molecule has 10 heteroatoms.